The van der Waals surface area contributed by atoms with Gasteiger partial charge in [-0.15, -0.1) is 11.8 Å². The average molecular weight is 378 g/mol. The smallest absolute Gasteiger partial charge is 0.245 e. The lowest BCUT2D eigenvalue weighted by atomic mass is 9.88. The quantitative estimate of drug-likeness (QED) is 0.559. The zero-order chi connectivity index (χ0) is 17.7. The van der Waals surface area contributed by atoms with Gasteiger partial charge in [0.2, 0.25) is 5.91 Å². The number of nitrogens with one attached hydrogen (secondary N) is 1. The molecule has 1 fully saturated rings. The van der Waals surface area contributed by atoms with Crippen LogP contribution in [0.2, 0.25) is 5.02 Å². The molecule has 1 aliphatic heterocycles. The molecule has 1 aliphatic rings. The molecule has 1 saturated heterocycles. The van der Waals surface area contributed by atoms with Crippen LogP contribution in [0, 0.1) is 0 Å². The van der Waals surface area contributed by atoms with Crippen LogP contribution in [0.5, 0.6) is 11.5 Å². The van der Waals surface area contributed by atoms with Crippen LogP contribution in [-0.2, 0) is 9.54 Å². The van der Waals surface area contributed by atoms with Crippen molar-refractivity contribution in [2.75, 3.05) is 5.75 Å². The summed E-state index contributed by atoms with van der Waals surface area (Å²) >= 11 is 7.67. The topological polar surface area (TPSA) is 58.6 Å². The van der Waals surface area contributed by atoms with Crippen molar-refractivity contribution in [3.05, 3.63) is 59.1 Å². The fraction of sp³-hybridized carbons (Fsp3) is 0.316. The zero-order valence-corrected chi connectivity index (χ0v) is 15.3. The summed E-state index contributed by atoms with van der Waals surface area (Å²) in [5.41, 5.74) is 2.85. The Balaban J connectivity index is 1.78. The molecule has 2 N–H and O–H groups in total. The summed E-state index contributed by atoms with van der Waals surface area (Å²) in [5, 5.41) is 9.58. The second-order valence-corrected chi connectivity index (χ2v) is 8.01. The number of thioether (sulfide) groups is 1. The van der Waals surface area contributed by atoms with E-state index in [1.54, 1.807) is 29.4 Å². The van der Waals surface area contributed by atoms with E-state index in [-0.39, 0.29) is 17.1 Å². The van der Waals surface area contributed by atoms with Gasteiger partial charge < -0.3 is 4.74 Å². The monoisotopic (exact) mass is 377 g/mol. The second-order valence-electron chi connectivity index (χ2n) is 6.09. The Morgan fingerprint density at radius 1 is 1.12 bits per heavy atom. The molecule has 2 aromatic rings. The maximum Gasteiger partial charge on any atom is 0.245 e. The molecule has 25 heavy (non-hydrogen) atoms. The molecular formula is C19H20ClNO3S. The molecule has 2 aromatic carbocycles. The third kappa shape index (κ3) is 4.48. The largest absolute Gasteiger partial charge is 0.457 e. The number of amides is 1. The first kappa shape index (κ1) is 18.1. The minimum atomic E-state index is -0.351. The van der Waals surface area contributed by atoms with Crippen LogP contribution in [0.25, 0.3) is 0 Å². The van der Waals surface area contributed by atoms with Crippen molar-refractivity contribution in [3.63, 3.8) is 0 Å². The number of hydroxylamine groups is 1. The van der Waals surface area contributed by atoms with Gasteiger partial charge in [-0.3, -0.25) is 10.0 Å². The third-order valence-corrected chi connectivity index (χ3v) is 6.24. The number of hydrogen-bond acceptors (Lipinski definition) is 4. The van der Waals surface area contributed by atoms with E-state index in [2.05, 4.69) is 0 Å². The van der Waals surface area contributed by atoms with Crippen LogP contribution >= 0.6 is 23.4 Å². The van der Waals surface area contributed by atoms with Gasteiger partial charge >= 0.3 is 0 Å². The Morgan fingerprint density at radius 2 is 1.76 bits per heavy atom. The summed E-state index contributed by atoms with van der Waals surface area (Å²) in [4.78, 5) is 11.8. The highest BCUT2D eigenvalue weighted by molar-refractivity contribution is 8.00. The lowest BCUT2D eigenvalue weighted by Crippen LogP contribution is -2.33. The highest BCUT2D eigenvalue weighted by Gasteiger charge is 2.36. The van der Waals surface area contributed by atoms with E-state index < -0.39 is 0 Å². The van der Waals surface area contributed by atoms with Crippen molar-refractivity contribution in [3.8, 4) is 11.5 Å². The van der Waals surface area contributed by atoms with Gasteiger partial charge in [0.25, 0.3) is 0 Å². The summed E-state index contributed by atoms with van der Waals surface area (Å²) in [6.07, 6.45) is 3.42. The number of halogens is 1. The molecule has 0 bridgehead atoms. The van der Waals surface area contributed by atoms with Crippen molar-refractivity contribution in [1.29, 1.82) is 0 Å². The highest BCUT2D eigenvalue weighted by atomic mass is 35.5. The molecule has 0 spiro atoms. The van der Waals surface area contributed by atoms with Gasteiger partial charge in [-0.2, -0.15) is 0 Å². The van der Waals surface area contributed by atoms with Crippen molar-refractivity contribution in [2.24, 2.45) is 0 Å². The Morgan fingerprint density at radius 3 is 2.32 bits per heavy atom. The number of rotatable bonds is 5. The molecule has 0 radical (unpaired) electrons. The standard InChI is InChI=1S/C19H20ClNO3S/c20-15-5-9-17(10-6-15)24-16-7-3-14(4-8-16)19(13-18(22)21-23)11-1-2-12-25-19/h3-10,23H,1-2,11-13H2,(H,21,22). The van der Waals surface area contributed by atoms with Crippen LogP contribution in [0.1, 0.15) is 31.2 Å². The molecule has 132 valence electrons. The molecule has 1 atom stereocenters. The molecule has 0 saturated carbocycles. The summed E-state index contributed by atoms with van der Waals surface area (Å²) in [5.74, 6) is 2.12. The van der Waals surface area contributed by atoms with Crippen LogP contribution < -0.4 is 10.2 Å². The van der Waals surface area contributed by atoms with Crippen LogP contribution in [0.15, 0.2) is 48.5 Å². The predicted octanol–water partition coefficient (Wildman–Crippen LogP) is 5.14. The van der Waals surface area contributed by atoms with E-state index in [9.17, 15) is 4.79 Å². The van der Waals surface area contributed by atoms with Crippen LogP contribution in [0.4, 0.5) is 0 Å². The van der Waals surface area contributed by atoms with Gasteiger partial charge in [0.15, 0.2) is 0 Å². The maximum absolute atomic E-state index is 11.8. The maximum atomic E-state index is 11.8. The number of carbonyl (C=O) groups is 1. The molecule has 1 amide bonds. The highest BCUT2D eigenvalue weighted by Crippen LogP contribution is 2.48. The van der Waals surface area contributed by atoms with E-state index >= 15 is 0 Å². The molecule has 1 heterocycles. The van der Waals surface area contributed by atoms with Gasteiger partial charge in [-0.05, 0) is 60.6 Å². The first-order valence-corrected chi connectivity index (χ1v) is 9.58. The fourth-order valence-electron chi connectivity index (χ4n) is 3.09. The summed E-state index contributed by atoms with van der Waals surface area (Å²) in [7, 11) is 0. The Hall–Kier alpha value is -1.69. The minimum Gasteiger partial charge on any atom is -0.457 e. The number of hydrogen-bond donors (Lipinski definition) is 2. The lowest BCUT2D eigenvalue weighted by Gasteiger charge is -2.36. The summed E-state index contributed by atoms with van der Waals surface area (Å²) < 4.78 is 5.54. The Bertz CT molecular complexity index is 712. The SMILES string of the molecule is O=C(CC1(c2ccc(Oc3ccc(Cl)cc3)cc2)CCCCS1)NO. The fourth-order valence-corrected chi connectivity index (χ4v) is 4.78. The molecule has 4 nitrogen and oxygen atoms in total. The van der Waals surface area contributed by atoms with Gasteiger partial charge in [-0.25, -0.2) is 5.48 Å². The van der Waals surface area contributed by atoms with Gasteiger partial charge in [0.1, 0.15) is 11.5 Å². The van der Waals surface area contributed by atoms with Crippen molar-refractivity contribution < 1.29 is 14.7 Å². The molecule has 1 unspecified atom stereocenters. The summed E-state index contributed by atoms with van der Waals surface area (Å²) in [6.45, 7) is 0. The number of benzene rings is 2. The second kappa shape index (κ2) is 8.13. The third-order valence-electron chi connectivity index (χ3n) is 4.35. The van der Waals surface area contributed by atoms with E-state index in [0.717, 1.165) is 42.1 Å². The van der Waals surface area contributed by atoms with Crippen LogP contribution in [-0.4, -0.2) is 16.9 Å². The van der Waals surface area contributed by atoms with E-state index in [4.69, 9.17) is 21.5 Å². The van der Waals surface area contributed by atoms with Crippen LogP contribution in [0.3, 0.4) is 0 Å². The molecular weight excluding hydrogens is 358 g/mol. The Labute approximate surface area is 156 Å². The normalized spacial score (nSPS) is 20.1. The number of carbonyl (C=O) groups excluding carboxylic acids is 1. The van der Waals surface area contributed by atoms with E-state index in [0.29, 0.717) is 5.02 Å². The van der Waals surface area contributed by atoms with Gasteiger partial charge in [-0.1, -0.05) is 30.2 Å². The van der Waals surface area contributed by atoms with Gasteiger partial charge in [0.05, 0.1) is 0 Å². The first-order chi connectivity index (χ1) is 12.1. The lowest BCUT2D eigenvalue weighted by molar-refractivity contribution is -0.129. The molecule has 3 rings (SSSR count). The predicted molar refractivity (Wildman–Crippen MR) is 101 cm³/mol. The summed E-state index contributed by atoms with van der Waals surface area (Å²) in [6, 6.07) is 15.1. The van der Waals surface area contributed by atoms with Crippen molar-refractivity contribution in [2.45, 2.75) is 30.4 Å². The Kier molecular flexibility index (Phi) is 5.89. The minimum absolute atomic E-state index is 0.269. The van der Waals surface area contributed by atoms with E-state index in [1.165, 1.54) is 0 Å². The van der Waals surface area contributed by atoms with Crippen molar-refractivity contribution >= 4 is 29.3 Å². The number of ether oxygens (including phenoxy) is 1. The zero-order valence-electron chi connectivity index (χ0n) is 13.7. The van der Waals surface area contributed by atoms with Crippen molar-refractivity contribution in [1.82, 2.24) is 5.48 Å². The molecule has 0 aliphatic carbocycles. The van der Waals surface area contributed by atoms with E-state index in [1.807, 2.05) is 36.4 Å². The average Bonchev–Trinajstić information content (AvgIpc) is 2.65. The molecule has 0 aromatic heterocycles. The first-order valence-electron chi connectivity index (χ1n) is 8.22. The van der Waals surface area contributed by atoms with Gasteiger partial charge in [0, 0.05) is 16.2 Å². The molecule has 6 heteroatoms.